The van der Waals surface area contributed by atoms with Gasteiger partial charge in [-0.25, -0.2) is 0 Å². The third-order valence-corrected chi connectivity index (χ3v) is 3.54. The number of nitrogens with two attached hydrogens (primary N) is 1. The lowest BCUT2D eigenvalue weighted by molar-refractivity contribution is -0.118. The Morgan fingerprint density at radius 1 is 1.53 bits per heavy atom. The average Bonchev–Trinajstić information content (AvgIpc) is 2.71. The maximum Gasteiger partial charge on any atom is 0.233 e. The molecule has 5 nitrogen and oxygen atoms in total. The van der Waals surface area contributed by atoms with Crippen molar-refractivity contribution in [2.45, 2.75) is 18.9 Å². The molecule has 0 spiro atoms. The van der Waals surface area contributed by atoms with Crippen molar-refractivity contribution in [2.24, 2.45) is 12.8 Å². The van der Waals surface area contributed by atoms with Crippen molar-refractivity contribution in [1.82, 2.24) is 9.78 Å². The molecule has 1 aliphatic carbocycles. The Balaban J connectivity index is 1.77. The molecule has 19 heavy (non-hydrogen) atoms. The standard InChI is InChI=1S/C14H16N4O/c1-18-8-10(7-15)13(17-18)16-14(19)12-6-9-4-2-3-5-11(9)12/h2-5,8,12H,6-7,15H2,1H3,(H,16,17,19). The lowest BCUT2D eigenvalue weighted by atomic mass is 9.77. The number of carbonyl (C=O) groups excluding carboxylic acids is 1. The van der Waals surface area contributed by atoms with Crippen LogP contribution in [0.5, 0.6) is 0 Å². The second-order valence-electron chi connectivity index (χ2n) is 4.83. The fourth-order valence-corrected chi connectivity index (χ4v) is 2.49. The molecule has 5 heteroatoms. The van der Waals surface area contributed by atoms with Gasteiger partial charge in [-0.2, -0.15) is 5.10 Å². The molecule has 0 radical (unpaired) electrons. The number of nitrogens with zero attached hydrogens (tertiary/aromatic N) is 2. The summed E-state index contributed by atoms with van der Waals surface area (Å²) in [5.41, 5.74) is 8.85. The highest BCUT2D eigenvalue weighted by Crippen LogP contribution is 2.35. The van der Waals surface area contributed by atoms with E-state index in [0.717, 1.165) is 17.5 Å². The molecule has 98 valence electrons. The summed E-state index contributed by atoms with van der Waals surface area (Å²) in [5, 5.41) is 7.10. The molecular formula is C14H16N4O. The van der Waals surface area contributed by atoms with E-state index >= 15 is 0 Å². The highest BCUT2D eigenvalue weighted by Gasteiger charge is 2.32. The highest BCUT2D eigenvalue weighted by atomic mass is 16.2. The van der Waals surface area contributed by atoms with Crippen LogP contribution in [-0.2, 0) is 24.8 Å². The second kappa shape index (κ2) is 4.51. The van der Waals surface area contributed by atoms with Gasteiger partial charge in [-0.3, -0.25) is 9.48 Å². The summed E-state index contributed by atoms with van der Waals surface area (Å²) in [7, 11) is 1.81. The van der Waals surface area contributed by atoms with Crippen LogP contribution in [0.1, 0.15) is 22.6 Å². The number of hydrogen-bond acceptors (Lipinski definition) is 3. The SMILES string of the molecule is Cn1cc(CN)c(NC(=O)C2Cc3ccccc32)n1. The molecule has 1 heterocycles. The number of benzene rings is 1. The lowest BCUT2D eigenvalue weighted by Crippen LogP contribution is -2.30. The van der Waals surface area contributed by atoms with E-state index in [9.17, 15) is 4.79 Å². The van der Waals surface area contributed by atoms with E-state index in [1.807, 2.05) is 31.4 Å². The van der Waals surface area contributed by atoms with E-state index in [2.05, 4.69) is 16.5 Å². The summed E-state index contributed by atoms with van der Waals surface area (Å²) in [6.45, 7) is 0.366. The average molecular weight is 256 g/mol. The molecule has 0 saturated carbocycles. The quantitative estimate of drug-likeness (QED) is 0.865. The molecular weight excluding hydrogens is 240 g/mol. The van der Waals surface area contributed by atoms with Crippen molar-refractivity contribution in [3.8, 4) is 0 Å². The van der Waals surface area contributed by atoms with Crippen LogP contribution in [0.25, 0.3) is 0 Å². The molecule has 3 rings (SSSR count). The predicted molar refractivity (Wildman–Crippen MR) is 72.6 cm³/mol. The van der Waals surface area contributed by atoms with Crippen molar-refractivity contribution in [3.05, 3.63) is 47.2 Å². The first kappa shape index (κ1) is 11.9. The molecule has 0 aliphatic heterocycles. The first-order valence-electron chi connectivity index (χ1n) is 6.30. The molecule has 1 aromatic heterocycles. The first-order chi connectivity index (χ1) is 9.19. The smallest absolute Gasteiger partial charge is 0.233 e. The van der Waals surface area contributed by atoms with Gasteiger partial charge < -0.3 is 11.1 Å². The third kappa shape index (κ3) is 2.02. The Labute approximate surface area is 111 Å². The molecule has 1 unspecified atom stereocenters. The van der Waals surface area contributed by atoms with E-state index < -0.39 is 0 Å². The number of aromatic nitrogens is 2. The first-order valence-corrected chi connectivity index (χ1v) is 6.30. The van der Waals surface area contributed by atoms with Crippen LogP contribution in [0.3, 0.4) is 0 Å². The molecule has 0 bridgehead atoms. The van der Waals surface area contributed by atoms with E-state index in [4.69, 9.17) is 5.73 Å². The number of anilines is 1. The largest absolute Gasteiger partial charge is 0.326 e. The molecule has 0 fully saturated rings. The normalized spacial score (nSPS) is 16.6. The molecule has 1 aromatic carbocycles. The van der Waals surface area contributed by atoms with Crippen molar-refractivity contribution < 1.29 is 4.79 Å². The van der Waals surface area contributed by atoms with Crippen LogP contribution in [0, 0.1) is 0 Å². The van der Waals surface area contributed by atoms with Crippen LogP contribution < -0.4 is 11.1 Å². The van der Waals surface area contributed by atoms with Gasteiger partial charge in [0.1, 0.15) is 0 Å². The van der Waals surface area contributed by atoms with Gasteiger partial charge in [0.25, 0.3) is 0 Å². The van der Waals surface area contributed by atoms with Gasteiger partial charge in [0, 0.05) is 25.4 Å². The number of carbonyl (C=O) groups is 1. The zero-order valence-corrected chi connectivity index (χ0v) is 10.8. The monoisotopic (exact) mass is 256 g/mol. The molecule has 0 saturated heterocycles. The van der Waals surface area contributed by atoms with E-state index in [-0.39, 0.29) is 11.8 Å². The maximum atomic E-state index is 12.2. The number of rotatable bonds is 3. The van der Waals surface area contributed by atoms with Gasteiger partial charge in [-0.15, -0.1) is 0 Å². The van der Waals surface area contributed by atoms with Crippen molar-refractivity contribution in [1.29, 1.82) is 0 Å². The minimum Gasteiger partial charge on any atom is -0.326 e. The zero-order valence-electron chi connectivity index (χ0n) is 10.8. The Hall–Kier alpha value is -2.14. The number of fused-ring (bicyclic) bond motifs is 1. The molecule has 3 N–H and O–H groups in total. The Bertz CT molecular complexity index is 632. The third-order valence-electron chi connectivity index (χ3n) is 3.54. The van der Waals surface area contributed by atoms with Crippen molar-refractivity contribution in [3.63, 3.8) is 0 Å². The Morgan fingerprint density at radius 3 is 3.05 bits per heavy atom. The van der Waals surface area contributed by atoms with E-state index in [1.165, 1.54) is 5.56 Å². The Kier molecular flexibility index (Phi) is 2.83. The van der Waals surface area contributed by atoms with Gasteiger partial charge in [0.15, 0.2) is 5.82 Å². The molecule has 1 aliphatic rings. The summed E-state index contributed by atoms with van der Waals surface area (Å²) in [5.74, 6) is 0.496. The zero-order chi connectivity index (χ0) is 13.4. The lowest BCUT2D eigenvalue weighted by Gasteiger charge is -2.28. The summed E-state index contributed by atoms with van der Waals surface area (Å²) in [4.78, 5) is 12.2. The summed E-state index contributed by atoms with van der Waals surface area (Å²) in [6, 6.07) is 8.03. The summed E-state index contributed by atoms with van der Waals surface area (Å²) >= 11 is 0. The van der Waals surface area contributed by atoms with E-state index in [0.29, 0.717) is 12.4 Å². The fourth-order valence-electron chi connectivity index (χ4n) is 2.49. The fraction of sp³-hybridized carbons (Fsp3) is 0.286. The minimum absolute atomic E-state index is 0.00731. The van der Waals surface area contributed by atoms with Gasteiger partial charge in [0.2, 0.25) is 5.91 Å². The second-order valence-corrected chi connectivity index (χ2v) is 4.83. The topological polar surface area (TPSA) is 72.9 Å². The highest BCUT2D eigenvalue weighted by molar-refractivity contribution is 5.97. The van der Waals surface area contributed by atoms with Gasteiger partial charge in [0.05, 0.1) is 5.92 Å². The van der Waals surface area contributed by atoms with Crippen molar-refractivity contribution >= 4 is 11.7 Å². The summed E-state index contributed by atoms with van der Waals surface area (Å²) in [6.07, 6.45) is 2.62. The van der Waals surface area contributed by atoms with Gasteiger partial charge in [-0.1, -0.05) is 24.3 Å². The number of nitrogens with one attached hydrogen (secondary N) is 1. The Morgan fingerprint density at radius 2 is 2.32 bits per heavy atom. The van der Waals surface area contributed by atoms with Crippen LogP contribution in [0.2, 0.25) is 0 Å². The van der Waals surface area contributed by atoms with Crippen LogP contribution in [0.15, 0.2) is 30.5 Å². The molecule has 1 atom stereocenters. The van der Waals surface area contributed by atoms with Crippen LogP contribution in [0.4, 0.5) is 5.82 Å². The van der Waals surface area contributed by atoms with Gasteiger partial charge >= 0.3 is 0 Å². The maximum absolute atomic E-state index is 12.2. The van der Waals surface area contributed by atoms with Crippen LogP contribution in [-0.4, -0.2) is 15.7 Å². The van der Waals surface area contributed by atoms with Crippen LogP contribution >= 0.6 is 0 Å². The van der Waals surface area contributed by atoms with Gasteiger partial charge in [-0.05, 0) is 17.5 Å². The predicted octanol–water partition coefficient (Wildman–Crippen LogP) is 1.16. The minimum atomic E-state index is -0.0659. The van der Waals surface area contributed by atoms with Crippen molar-refractivity contribution in [2.75, 3.05) is 5.32 Å². The summed E-state index contributed by atoms with van der Waals surface area (Å²) < 4.78 is 1.66. The molecule has 2 aromatic rings. The molecule has 1 amide bonds. The number of amides is 1. The number of aryl methyl sites for hydroxylation is 1. The number of hydrogen-bond donors (Lipinski definition) is 2. The van der Waals surface area contributed by atoms with E-state index in [1.54, 1.807) is 4.68 Å².